The van der Waals surface area contributed by atoms with Crippen LogP contribution < -0.4 is 10.1 Å². The standard InChI is InChI=1S/C21H22ClNO6S/c1-21(10-11-30(26,27)14-21)23-19(24)13-29-20(25)16-7-3-5-9-18(16)28-12-15-6-2-4-8-17(15)22/h2-9H,10-14H2,1H3,(H,23,24). The lowest BCUT2D eigenvalue weighted by Gasteiger charge is -2.23. The average Bonchev–Trinajstić information content (AvgIpc) is 2.98. The second-order valence-electron chi connectivity index (χ2n) is 7.40. The van der Waals surface area contributed by atoms with Gasteiger partial charge in [-0.15, -0.1) is 0 Å². The van der Waals surface area contributed by atoms with E-state index >= 15 is 0 Å². The Morgan fingerprint density at radius 3 is 2.53 bits per heavy atom. The number of rotatable bonds is 7. The van der Waals surface area contributed by atoms with Gasteiger partial charge < -0.3 is 14.8 Å². The molecule has 0 bridgehead atoms. The molecule has 1 atom stereocenters. The van der Waals surface area contributed by atoms with Crippen LogP contribution in [0.15, 0.2) is 48.5 Å². The minimum atomic E-state index is -3.16. The molecule has 0 aromatic heterocycles. The lowest BCUT2D eigenvalue weighted by atomic mass is 10.0. The first-order chi connectivity index (χ1) is 14.2. The second-order valence-corrected chi connectivity index (χ2v) is 9.99. The Morgan fingerprint density at radius 1 is 1.13 bits per heavy atom. The van der Waals surface area contributed by atoms with Crippen LogP contribution in [0.4, 0.5) is 0 Å². The van der Waals surface area contributed by atoms with Gasteiger partial charge in [-0.3, -0.25) is 4.79 Å². The number of carbonyl (C=O) groups excluding carboxylic acids is 2. The molecular weight excluding hydrogens is 430 g/mol. The van der Waals surface area contributed by atoms with Crippen molar-refractivity contribution in [3.8, 4) is 5.75 Å². The first kappa shape index (κ1) is 22.1. The van der Waals surface area contributed by atoms with Crippen molar-refractivity contribution >= 4 is 33.3 Å². The van der Waals surface area contributed by atoms with Crippen molar-refractivity contribution in [2.45, 2.75) is 25.5 Å². The van der Waals surface area contributed by atoms with Gasteiger partial charge in [-0.2, -0.15) is 0 Å². The van der Waals surface area contributed by atoms with Gasteiger partial charge in [0.2, 0.25) is 0 Å². The number of hydrogen-bond acceptors (Lipinski definition) is 6. The normalized spacial score (nSPS) is 19.8. The molecule has 0 aliphatic carbocycles. The first-order valence-electron chi connectivity index (χ1n) is 9.31. The maximum atomic E-state index is 12.5. The molecule has 1 fully saturated rings. The largest absolute Gasteiger partial charge is 0.488 e. The lowest BCUT2D eigenvalue weighted by molar-refractivity contribution is -0.125. The number of hydrogen-bond donors (Lipinski definition) is 1. The number of esters is 1. The molecule has 160 valence electrons. The molecule has 2 aromatic rings. The molecule has 7 nitrogen and oxygen atoms in total. The van der Waals surface area contributed by atoms with Gasteiger partial charge in [0.25, 0.3) is 5.91 Å². The Labute approximate surface area is 180 Å². The highest BCUT2D eigenvalue weighted by Gasteiger charge is 2.39. The summed E-state index contributed by atoms with van der Waals surface area (Å²) in [5.74, 6) is -1.07. The van der Waals surface area contributed by atoms with Crippen LogP contribution in [0, 0.1) is 0 Å². The average molecular weight is 452 g/mol. The van der Waals surface area contributed by atoms with E-state index in [1.807, 2.05) is 18.2 Å². The molecule has 1 N–H and O–H groups in total. The Balaban J connectivity index is 1.58. The van der Waals surface area contributed by atoms with Gasteiger partial charge in [0.15, 0.2) is 16.4 Å². The smallest absolute Gasteiger partial charge is 0.342 e. The van der Waals surface area contributed by atoms with E-state index in [-0.39, 0.29) is 23.7 Å². The highest BCUT2D eigenvalue weighted by atomic mass is 35.5. The monoisotopic (exact) mass is 451 g/mol. The van der Waals surface area contributed by atoms with Crippen molar-refractivity contribution in [3.63, 3.8) is 0 Å². The molecule has 1 saturated heterocycles. The quantitative estimate of drug-likeness (QED) is 0.650. The van der Waals surface area contributed by atoms with Crippen molar-refractivity contribution in [2.75, 3.05) is 18.1 Å². The molecule has 0 saturated carbocycles. The Kier molecular flexibility index (Phi) is 6.67. The minimum absolute atomic E-state index is 0.0275. The highest BCUT2D eigenvalue weighted by molar-refractivity contribution is 7.91. The zero-order valence-corrected chi connectivity index (χ0v) is 18.0. The molecule has 1 aliphatic heterocycles. The highest BCUT2D eigenvalue weighted by Crippen LogP contribution is 2.24. The van der Waals surface area contributed by atoms with Crippen molar-refractivity contribution in [1.82, 2.24) is 5.32 Å². The fraction of sp³-hybridized carbons (Fsp3) is 0.333. The van der Waals surface area contributed by atoms with E-state index < -0.39 is 33.9 Å². The minimum Gasteiger partial charge on any atom is -0.488 e. The lowest BCUT2D eigenvalue weighted by Crippen LogP contribution is -2.48. The van der Waals surface area contributed by atoms with Crippen LogP contribution in [0.25, 0.3) is 0 Å². The Morgan fingerprint density at radius 2 is 1.83 bits per heavy atom. The van der Waals surface area contributed by atoms with Gasteiger partial charge in [0.05, 0.1) is 17.0 Å². The van der Waals surface area contributed by atoms with Gasteiger partial charge in [-0.05, 0) is 31.5 Å². The molecular formula is C21H22ClNO6S. The molecule has 0 spiro atoms. The van der Waals surface area contributed by atoms with Crippen LogP contribution in [-0.4, -0.2) is 43.9 Å². The third-order valence-electron chi connectivity index (χ3n) is 4.73. The van der Waals surface area contributed by atoms with E-state index in [4.69, 9.17) is 21.1 Å². The fourth-order valence-corrected chi connectivity index (χ4v) is 5.51. The van der Waals surface area contributed by atoms with Crippen LogP contribution in [0.1, 0.15) is 29.3 Å². The summed E-state index contributed by atoms with van der Waals surface area (Å²) < 4.78 is 34.1. The van der Waals surface area contributed by atoms with Gasteiger partial charge in [-0.1, -0.05) is 41.9 Å². The van der Waals surface area contributed by atoms with Gasteiger partial charge >= 0.3 is 5.97 Å². The van der Waals surface area contributed by atoms with Crippen molar-refractivity contribution in [2.24, 2.45) is 0 Å². The van der Waals surface area contributed by atoms with E-state index in [0.717, 1.165) is 5.56 Å². The molecule has 30 heavy (non-hydrogen) atoms. The number of ether oxygens (including phenoxy) is 2. The van der Waals surface area contributed by atoms with Crippen LogP contribution >= 0.6 is 11.6 Å². The number of amides is 1. The summed E-state index contributed by atoms with van der Waals surface area (Å²) in [5.41, 5.74) is 0.0895. The van der Waals surface area contributed by atoms with Crippen LogP contribution in [-0.2, 0) is 26.0 Å². The van der Waals surface area contributed by atoms with Gasteiger partial charge in [0, 0.05) is 10.6 Å². The number of para-hydroxylation sites is 1. The number of carbonyl (C=O) groups is 2. The number of sulfone groups is 1. The SMILES string of the molecule is CC1(NC(=O)COC(=O)c2ccccc2OCc2ccccc2Cl)CCS(=O)(=O)C1. The second kappa shape index (κ2) is 9.06. The number of benzene rings is 2. The van der Waals surface area contributed by atoms with Crippen molar-refractivity contribution in [3.05, 3.63) is 64.7 Å². The van der Waals surface area contributed by atoms with Crippen LogP contribution in [0.3, 0.4) is 0 Å². The zero-order valence-electron chi connectivity index (χ0n) is 16.4. The Hall–Kier alpha value is -2.58. The Bertz CT molecular complexity index is 1050. The molecule has 1 heterocycles. The summed E-state index contributed by atoms with van der Waals surface area (Å²) in [5, 5.41) is 3.20. The summed E-state index contributed by atoms with van der Waals surface area (Å²) in [7, 11) is -3.16. The van der Waals surface area contributed by atoms with E-state index in [1.165, 1.54) is 6.07 Å². The zero-order chi connectivity index (χ0) is 21.8. The maximum absolute atomic E-state index is 12.5. The van der Waals surface area contributed by atoms with Crippen molar-refractivity contribution < 1.29 is 27.5 Å². The molecule has 9 heteroatoms. The molecule has 1 unspecified atom stereocenters. The first-order valence-corrected chi connectivity index (χ1v) is 11.5. The van der Waals surface area contributed by atoms with Crippen LogP contribution in [0.5, 0.6) is 5.75 Å². The molecule has 1 aliphatic rings. The van der Waals surface area contributed by atoms with E-state index in [9.17, 15) is 18.0 Å². The summed E-state index contributed by atoms with van der Waals surface area (Å²) in [6.45, 7) is 1.31. The number of nitrogens with one attached hydrogen (secondary N) is 1. The predicted molar refractivity (Wildman–Crippen MR) is 112 cm³/mol. The third-order valence-corrected chi connectivity index (χ3v) is 7.00. The molecule has 3 rings (SSSR count). The van der Waals surface area contributed by atoms with Crippen LogP contribution in [0.2, 0.25) is 5.02 Å². The molecule has 1 amide bonds. The van der Waals surface area contributed by atoms with E-state index in [2.05, 4.69) is 5.32 Å². The summed E-state index contributed by atoms with van der Waals surface area (Å²) in [6, 6.07) is 13.7. The maximum Gasteiger partial charge on any atom is 0.342 e. The molecule has 0 radical (unpaired) electrons. The van der Waals surface area contributed by atoms with Gasteiger partial charge in [-0.25, -0.2) is 13.2 Å². The molecule has 2 aromatic carbocycles. The number of halogens is 1. The van der Waals surface area contributed by atoms with E-state index in [1.54, 1.807) is 31.2 Å². The fourth-order valence-electron chi connectivity index (χ4n) is 3.22. The van der Waals surface area contributed by atoms with E-state index in [0.29, 0.717) is 17.2 Å². The predicted octanol–water partition coefficient (Wildman–Crippen LogP) is 2.77. The summed E-state index contributed by atoms with van der Waals surface area (Å²) >= 11 is 6.12. The summed E-state index contributed by atoms with van der Waals surface area (Å²) in [6.07, 6.45) is 0.327. The third kappa shape index (κ3) is 5.73. The van der Waals surface area contributed by atoms with Gasteiger partial charge in [0.1, 0.15) is 17.9 Å². The summed E-state index contributed by atoms with van der Waals surface area (Å²) in [4.78, 5) is 24.6. The van der Waals surface area contributed by atoms with Crippen molar-refractivity contribution in [1.29, 1.82) is 0 Å². The topological polar surface area (TPSA) is 98.8 Å².